The Morgan fingerprint density at radius 3 is 2.73 bits per heavy atom. The lowest BCUT2D eigenvalue weighted by Crippen LogP contribution is -2.30. The predicted octanol–water partition coefficient (Wildman–Crippen LogP) is 2.61. The summed E-state index contributed by atoms with van der Waals surface area (Å²) >= 11 is 5.93. The molecule has 0 amide bonds. The van der Waals surface area contributed by atoms with Crippen molar-refractivity contribution in [1.29, 1.82) is 0 Å². The topological polar surface area (TPSA) is 145 Å². The smallest absolute Gasteiger partial charge is 0.146 e. The van der Waals surface area contributed by atoms with Crippen LogP contribution >= 0.6 is 11.6 Å². The molecule has 1 aliphatic rings. The Labute approximate surface area is 192 Å². The summed E-state index contributed by atoms with van der Waals surface area (Å²) in [5, 5.41) is 22.5. The first-order valence-corrected chi connectivity index (χ1v) is 10.4. The van der Waals surface area contributed by atoms with E-state index < -0.39 is 24.1 Å². The van der Waals surface area contributed by atoms with Gasteiger partial charge >= 0.3 is 0 Å². The van der Waals surface area contributed by atoms with E-state index in [0.717, 1.165) is 0 Å². The summed E-state index contributed by atoms with van der Waals surface area (Å²) in [6.45, 7) is 1.73. The summed E-state index contributed by atoms with van der Waals surface area (Å²) in [6.07, 6.45) is 0.776. The molecule has 3 atom stereocenters. The van der Waals surface area contributed by atoms with Crippen molar-refractivity contribution in [1.82, 2.24) is 19.5 Å². The molecule has 0 aliphatic heterocycles. The minimum absolute atomic E-state index is 0.0646. The average Bonchev–Trinajstić information content (AvgIpc) is 3.28. The predicted molar refractivity (Wildman–Crippen MR) is 122 cm³/mol. The molecule has 0 saturated heterocycles. The molecule has 4 aromatic rings. The first kappa shape index (κ1) is 21.4. The molecule has 5 rings (SSSR count). The highest BCUT2D eigenvalue weighted by atomic mass is 35.5. The van der Waals surface area contributed by atoms with Gasteiger partial charge in [0.1, 0.15) is 54.0 Å². The van der Waals surface area contributed by atoms with Gasteiger partial charge in [0, 0.05) is 23.7 Å². The van der Waals surface area contributed by atoms with E-state index in [-0.39, 0.29) is 28.6 Å². The van der Waals surface area contributed by atoms with Crippen LogP contribution in [0.25, 0.3) is 21.9 Å². The van der Waals surface area contributed by atoms with Crippen LogP contribution in [0, 0.1) is 5.82 Å². The third-order valence-electron chi connectivity index (χ3n) is 6.03. The third-order valence-corrected chi connectivity index (χ3v) is 6.33. The van der Waals surface area contributed by atoms with Crippen molar-refractivity contribution in [3.05, 3.63) is 58.8 Å². The van der Waals surface area contributed by atoms with Crippen molar-refractivity contribution in [2.75, 3.05) is 18.1 Å². The number of nitrogens with two attached hydrogens (primary N) is 2. The second kappa shape index (κ2) is 7.84. The molecule has 0 bridgehead atoms. The number of rotatable bonds is 4. The molecule has 170 valence electrons. The lowest BCUT2D eigenvalue weighted by atomic mass is 10.1. The number of hydrogen-bond acceptors (Lipinski definition) is 8. The number of ether oxygens (including phenoxy) is 1. The van der Waals surface area contributed by atoms with Gasteiger partial charge in [-0.05, 0) is 30.2 Å². The molecule has 6 N–H and O–H groups in total. The van der Waals surface area contributed by atoms with Crippen LogP contribution in [0.4, 0.5) is 16.0 Å². The Morgan fingerprint density at radius 2 is 1.94 bits per heavy atom. The van der Waals surface area contributed by atoms with Crippen LogP contribution in [0.3, 0.4) is 0 Å². The van der Waals surface area contributed by atoms with E-state index in [1.807, 2.05) is 0 Å². The maximum Gasteiger partial charge on any atom is 0.146 e. The molecule has 0 fully saturated rings. The number of nitrogens with zero attached hydrogens (tertiary/aromatic N) is 4. The van der Waals surface area contributed by atoms with Crippen molar-refractivity contribution in [2.24, 2.45) is 0 Å². The van der Waals surface area contributed by atoms with Crippen LogP contribution in [0.2, 0.25) is 5.02 Å². The molecule has 3 heterocycles. The zero-order valence-electron chi connectivity index (χ0n) is 17.4. The summed E-state index contributed by atoms with van der Waals surface area (Å²) in [7, 11) is 0. The van der Waals surface area contributed by atoms with Crippen LogP contribution in [0.15, 0.2) is 47.9 Å². The normalized spacial score (nSPS) is 20.8. The van der Waals surface area contributed by atoms with Gasteiger partial charge in [-0.25, -0.2) is 19.3 Å². The number of anilines is 2. The van der Waals surface area contributed by atoms with Gasteiger partial charge < -0.3 is 31.0 Å². The van der Waals surface area contributed by atoms with E-state index in [4.69, 9.17) is 27.8 Å². The summed E-state index contributed by atoms with van der Waals surface area (Å²) in [5.74, 6) is 0.0424. The van der Waals surface area contributed by atoms with Gasteiger partial charge in [-0.3, -0.25) is 0 Å². The van der Waals surface area contributed by atoms with E-state index in [2.05, 4.69) is 15.0 Å². The van der Waals surface area contributed by atoms with Crippen LogP contribution in [-0.4, -0.2) is 48.5 Å². The molecular weight excluding hydrogens is 451 g/mol. The number of fused-ring (bicyclic) bond motifs is 2. The number of pyridine rings is 1. The Bertz CT molecular complexity index is 1440. The van der Waals surface area contributed by atoms with Crippen LogP contribution in [0.5, 0.6) is 5.75 Å². The number of halogens is 2. The van der Waals surface area contributed by atoms with Gasteiger partial charge in [0.2, 0.25) is 0 Å². The summed E-state index contributed by atoms with van der Waals surface area (Å²) < 4.78 is 22.1. The van der Waals surface area contributed by atoms with Crippen molar-refractivity contribution < 1.29 is 19.3 Å². The maximum atomic E-state index is 14.6. The average molecular weight is 471 g/mol. The first-order chi connectivity index (χ1) is 15.8. The second-order valence-corrected chi connectivity index (χ2v) is 8.33. The Hall–Kier alpha value is -3.47. The number of hydrogen-bond donors (Lipinski definition) is 4. The molecule has 3 aromatic heterocycles. The van der Waals surface area contributed by atoms with E-state index in [1.54, 1.807) is 23.8 Å². The van der Waals surface area contributed by atoms with Crippen molar-refractivity contribution in [3.8, 4) is 5.75 Å². The summed E-state index contributed by atoms with van der Waals surface area (Å²) in [6, 6.07) is 5.33. The van der Waals surface area contributed by atoms with Gasteiger partial charge in [0.05, 0.1) is 22.0 Å². The highest BCUT2D eigenvalue weighted by Gasteiger charge is 2.40. The number of aliphatic hydroxyl groups is 2. The Kier molecular flexibility index (Phi) is 5.08. The van der Waals surface area contributed by atoms with Gasteiger partial charge in [-0.2, -0.15) is 0 Å². The largest absolute Gasteiger partial charge is 0.489 e. The standard InChI is InChI=1S/C22H20ClFN6O3/c1-9-13(7-33-10-4-15(24)12-6-14(23)21(26)29-16(12)5-10)18(31)19(32)17(9)30-3-2-11-20(25)27-8-28-22(11)30/h2-6,8,17-19,31-32H,7H2,1H3,(H2,26,29)(H2,25,27,28). The van der Waals surface area contributed by atoms with Crippen LogP contribution < -0.4 is 16.2 Å². The Balaban J connectivity index is 1.46. The molecular formula is C22H20ClFN6O3. The minimum atomic E-state index is -1.18. The van der Waals surface area contributed by atoms with Gasteiger partial charge in [-0.15, -0.1) is 0 Å². The molecule has 0 radical (unpaired) electrons. The SMILES string of the molecule is CC1=C(COc2cc(F)c3cc(Cl)c(N)nc3c2)C(O)C(O)C1n1ccc2c(N)ncnc21. The highest BCUT2D eigenvalue weighted by Crippen LogP contribution is 2.39. The molecule has 9 nitrogen and oxygen atoms in total. The quantitative estimate of drug-likeness (QED) is 0.333. The second-order valence-electron chi connectivity index (χ2n) is 7.92. The molecule has 0 saturated carbocycles. The lowest BCUT2D eigenvalue weighted by molar-refractivity contribution is 0.0286. The van der Waals surface area contributed by atoms with Gasteiger partial charge in [0.25, 0.3) is 0 Å². The summed E-state index contributed by atoms with van der Waals surface area (Å²) in [4.78, 5) is 12.3. The van der Waals surface area contributed by atoms with Crippen molar-refractivity contribution >= 4 is 45.2 Å². The fourth-order valence-electron chi connectivity index (χ4n) is 4.29. The molecule has 33 heavy (non-hydrogen) atoms. The molecule has 1 aromatic carbocycles. The van der Waals surface area contributed by atoms with Gasteiger partial charge in [-0.1, -0.05) is 11.6 Å². The fourth-order valence-corrected chi connectivity index (χ4v) is 4.44. The molecule has 3 unspecified atom stereocenters. The summed E-state index contributed by atoms with van der Waals surface area (Å²) in [5.41, 5.74) is 13.7. The third kappa shape index (κ3) is 3.43. The van der Waals surface area contributed by atoms with Crippen LogP contribution in [0.1, 0.15) is 13.0 Å². The minimum Gasteiger partial charge on any atom is -0.489 e. The van der Waals surface area contributed by atoms with E-state index >= 15 is 0 Å². The zero-order chi connectivity index (χ0) is 23.4. The lowest BCUT2D eigenvalue weighted by Gasteiger charge is -2.21. The first-order valence-electron chi connectivity index (χ1n) is 10.1. The highest BCUT2D eigenvalue weighted by molar-refractivity contribution is 6.33. The zero-order valence-corrected chi connectivity index (χ0v) is 18.2. The Morgan fingerprint density at radius 1 is 1.15 bits per heavy atom. The monoisotopic (exact) mass is 470 g/mol. The van der Waals surface area contributed by atoms with E-state index in [0.29, 0.717) is 33.5 Å². The van der Waals surface area contributed by atoms with Crippen LogP contribution in [-0.2, 0) is 0 Å². The number of benzene rings is 1. The number of aromatic nitrogens is 4. The van der Waals surface area contributed by atoms with E-state index in [1.165, 1.54) is 24.5 Å². The molecule has 11 heteroatoms. The van der Waals surface area contributed by atoms with Crippen molar-refractivity contribution in [2.45, 2.75) is 25.2 Å². The molecule has 1 aliphatic carbocycles. The number of aliphatic hydroxyl groups excluding tert-OH is 2. The fraction of sp³-hybridized carbons (Fsp3) is 0.227. The van der Waals surface area contributed by atoms with Crippen molar-refractivity contribution in [3.63, 3.8) is 0 Å². The van der Waals surface area contributed by atoms with Gasteiger partial charge in [0.15, 0.2) is 0 Å². The molecule has 0 spiro atoms. The number of nitrogen functional groups attached to an aromatic ring is 2. The van der Waals surface area contributed by atoms with E-state index in [9.17, 15) is 14.6 Å². The maximum absolute atomic E-state index is 14.6.